The van der Waals surface area contributed by atoms with Gasteiger partial charge in [-0.2, -0.15) is 0 Å². The minimum absolute atomic E-state index is 0.119. The van der Waals surface area contributed by atoms with Crippen LogP contribution in [0.25, 0.3) is 0 Å². The van der Waals surface area contributed by atoms with Gasteiger partial charge in [0.15, 0.2) is 0 Å². The molecule has 0 aliphatic carbocycles. The number of rotatable bonds is 6. The number of nitrogens with one attached hydrogen (secondary N) is 1. The minimum Gasteiger partial charge on any atom is -0.472 e. The molecular formula is C10H17N3O2. The van der Waals surface area contributed by atoms with Gasteiger partial charge in [0, 0.05) is 18.5 Å². The molecule has 0 radical (unpaired) electrons. The molecule has 0 saturated carbocycles. The number of carbonyl (C=O) groups is 1. The molecule has 0 aliphatic rings. The Morgan fingerprint density at radius 3 is 3.07 bits per heavy atom. The molecule has 5 heteroatoms. The highest BCUT2D eigenvalue weighted by Gasteiger charge is 2.03. The van der Waals surface area contributed by atoms with E-state index in [0.717, 1.165) is 25.1 Å². The van der Waals surface area contributed by atoms with Gasteiger partial charge >= 0.3 is 0 Å². The van der Waals surface area contributed by atoms with Crippen molar-refractivity contribution in [1.29, 1.82) is 0 Å². The SMILES string of the molecule is CN(CCCC(=O)NN)Cc1ccoc1. The predicted molar refractivity (Wildman–Crippen MR) is 56.6 cm³/mol. The number of carbonyl (C=O) groups excluding carboxylic acids is 1. The van der Waals surface area contributed by atoms with Crippen LogP contribution in [-0.2, 0) is 11.3 Å². The van der Waals surface area contributed by atoms with Gasteiger partial charge in [-0.05, 0) is 26.1 Å². The molecular weight excluding hydrogens is 194 g/mol. The van der Waals surface area contributed by atoms with Gasteiger partial charge in [0.05, 0.1) is 12.5 Å². The number of hydrogen-bond donors (Lipinski definition) is 2. The first-order chi connectivity index (χ1) is 7.22. The van der Waals surface area contributed by atoms with Crippen molar-refractivity contribution in [2.24, 2.45) is 5.84 Å². The van der Waals surface area contributed by atoms with E-state index in [4.69, 9.17) is 10.3 Å². The highest BCUT2D eigenvalue weighted by molar-refractivity contribution is 5.75. The summed E-state index contributed by atoms with van der Waals surface area (Å²) < 4.78 is 4.97. The zero-order valence-corrected chi connectivity index (χ0v) is 8.90. The molecule has 0 fully saturated rings. The van der Waals surface area contributed by atoms with E-state index < -0.39 is 0 Å². The van der Waals surface area contributed by atoms with Crippen LogP contribution in [0.1, 0.15) is 18.4 Å². The number of nitrogens with two attached hydrogens (primary N) is 1. The summed E-state index contributed by atoms with van der Waals surface area (Å²) in [6.45, 7) is 1.69. The van der Waals surface area contributed by atoms with Gasteiger partial charge in [-0.3, -0.25) is 10.2 Å². The van der Waals surface area contributed by atoms with Crippen molar-refractivity contribution >= 4 is 5.91 Å². The first kappa shape index (κ1) is 11.7. The fourth-order valence-electron chi connectivity index (χ4n) is 1.36. The van der Waals surface area contributed by atoms with Crippen molar-refractivity contribution in [2.75, 3.05) is 13.6 Å². The molecule has 1 aromatic rings. The Morgan fingerprint density at radius 2 is 2.47 bits per heavy atom. The third kappa shape index (κ3) is 4.62. The molecule has 0 spiro atoms. The van der Waals surface area contributed by atoms with Crippen LogP contribution in [0.3, 0.4) is 0 Å². The fraction of sp³-hybridized carbons (Fsp3) is 0.500. The predicted octanol–water partition coefficient (Wildman–Crippen LogP) is 0.481. The minimum atomic E-state index is -0.119. The van der Waals surface area contributed by atoms with E-state index >= 15 is 0 Å². The van der Waals surface area contributed by atoms with E-state index in [1.807, 2.05) is 13.1 Å². The quantitative estimate of drug-likeness (QED) is 0.408. The number of furan rings is 1. The molecule has 3 N–H and O–H groups in total. The Hall–Kier alpha value is -1.33. The standard InChI is InChI=1S/C10H17N3O2/c1-13(5-2-3-10(14)12-11)7-9-4-6-15-8-9/h4,6,8H,2-3,5,7,11H2,1H3,(H,12,14). The zero-order valence-electron chi connectivity index (χ0n) is 8.90. The summed E-state index contributed by atoms with van der Waals surface area (Å²) in [7, 11) is 2.01. The Kier molecular flexibility index (Phi) is 4.86. The molecule has 0 saturated heterocycles. The fourth-order valence-corrected chi connectivity index (χ4v) is 1.36. The highest BCUT2D eigenvalue weighted by Crippen LogP contribution is 2.04. The third-order valence-electron chi connectivity index (χ3n) is 2.14. The van der Waals surface area contributed by atoms with Gasteiger partial charge in [0.25, 0.3) is 0 Å². The lowest BCUT2D eigenvalue weighted by Crippen LogP contribution is -2.30. The average Bonchev–Trinajstić information content (AvgIpc) is 2.70. The Balaban J connectivity index is 2.14. The monoisotopic (exact) mass is 211 g/mol. The lowest BCUT2D eigenvalue weighted by Gasteiger charge is -2.14. The van der Waals surface area contributed by atoms with Crippen molar-refractivity contribution in [3.8, 4) is 0 Å². The molecule has 1 heterocycles. The summed E-state index contributed by atoms with van der Waals surface area (Å²) in [5.41, 5.74) is 3.25. The summed E-state index contributed by atoms with van der Waals surface area (Å²) in [4.78, 5) is 13.0. The van der Waals surface area contributed by atoms with Gasteiger partial charge in [0.2, 0.25) is 5.91 Å². The molecule has 15 heavy (non-hydrogen) atoms. The van der Waals surface area contributed by atoms with E-state index in [1.165, 1.54) is 0 Å². The maximum atomic E-state index is 10.8. The van der Waals surface area contributed by atoms with Crippen LogP contribution in [-0.4, -0.2) is 24.4 Å². The maximum absolute atomic E-state index is 10.8. The Morgan fingerprint density at radius 1 is 1.67 bits per heavy atom. The van der Waals surface area contributed by atoms with Gasteiger partial charge in [-0.25, -0.2) is 5.84 Å². The van der Waals surface area contributed by atoms with Crippen molar-refractivity contribution in [1.82, 2.24) is 10.3 Å². The summed E-state index contributed by atoms with van der Waals surface area (Å²) in [6.07, 6.45) is 4.65. The molecule has 1 aromatic heterocycles. The highest BCUT2D eigenvalue weighted by atomic mass is 16.3. The van der Waals surface area contributed by atoms with Crippen LogP contribution >= 0.6 is 0 Å². The van der Waals surface area contributed by atoms with Crippen LogP contribution in [0.5, 0.6) is 0 Å². The smallest absolute Gasteiger partial charge is 0.233 e. The van der Waals surface area contributed by atoms with E-state index in [9.17, 15) is 4.79 Å². The number of nitrogens with zero attached hydrogens (tertiary/aromatic N) is 1. The van der Waals surface area contributed by atoms with Gasteiger partial charge in [-0.15, -0.1) is 0 Å². The summed E-state index contributed by atoms with van der Waals surface area (Å²) in [5, 5.41) is 0. The lowest BCUT2D eigenvalue weighted by molar-refractivity contribution is -0.121. The second-order valence-electron chi connectivity index (χ2n) is 3.54. The molecule has 0 aliphatic heterocycles. The first-order valence-corrected chi connectivity index (χ1v) is 4.91. The molecule has 0 aromatic carbocycles. The normalized spacial score (nSPS) is 10.6. The molecule has 0 bridgehead atoms. The Bertz CT molecular complexity index is 285. The van der Waals surface area contributed by atoms with Crippen LogP contribution in [0.15, 0.2) is 23.0 Å². The summed E-state index contributed by atoms with van der Waals surface area (Å²) >= 11 is 0. The van der Waals surface area contributed by atoms with Crippen LogP contribution < -0.4 is 11.3 Å². The van der Waals surface area contributed by atoms with E-state index in [2.05, 4.69) is 10.3 Å². The van der Waals surface area contributed by atoms with Gasteiger partial charge in [0.1, 0.15) is 0 Å². The first-order valence-electron chi connectivity index (χ1n) is 4.91. The maximum Gasteiger partial charge on any atom is 0.233 e. The van der Waals surface area contributed by atoms with E-state index in [1.54, 1.807) is 12.5 Å². The van der Waals surface area contributed by atoms with Crippen LogP contribution in [0.4, 0.5) is 0 Å². The summed E-state index contributed by atoms with van der Waals surface area (Å²) in [5.74, 6) is 4.85. The largest absolute Gasteiger partial charge is 0.472 e. The zero-order chi connectivity index (χ0) is 11.1. The molecule has 1 rings (SSSR count). The average molecular weight is 211 g/mol. The molecule has 0 atom stereocenters. The number of hydrogen-bond acceptors (Lipinski definition) is 4. The molecule has 5 nitrogen and oxygen atoms in total. The number of hydrazine groups is 1. The van der Waals surface area contributed by atoms with Crippen molar-refractivity contribution in [3.63, 3.8) is 0 Å². The van der Waals surface area contributed by atoms with Crippen LogP contribution in [0.2, 0.25) is 0 Å². The van der Waals surface area contributed by atoms with Crippen LogP contribution in [0, 0.1) is 0 Å². The van der Waals surface area contributed by atoms with Gasteiger partial charge in [-0.1, -0.05) is 0 Å². The van der Waals surface area contributed by atoms with Crippen molar-refractivity contribution in [2.45, 2.75) is 19.4 Å². The lowest BCUT2D eigenvalue weighted by atomic mass is 10.2. The Labute approximate surface area is 89.2 Å². The summed E-state index contributed by atoms with van der Waals surface area (Å²) in [6, 6.07) is 1.93. The van der Waals surface area contributed by atoms with E-state index in [0.29, 0.717) is 6.42 Å². The topological polar surface area (TPSA) is 71.5 Å². The molecule has 1 amide bonds. The molecule has 84 valence electrons. The second-order valence-corrected chi connectivity index (χ2v) is 3.54. The van der Waals surface area contributed by atoms with Crippen molar-refractivity contribution < 1.29 is 9.21 Å². The van der Waals surface area contributed by atoms with Crippen molar-refractivity contribution in [3.05, 3.63) is 24.2 Å². The second kappa shape index (κ2) is 6.21. The third-order valence-corrected chi connectivity index (χ3v) is 2.14. The van der Waals surface area contributed by atoms with Gasteiger partial charge < -0.3 is 9.32 Å². The number of amides is 1. The molecule has 0 unspecified atom stereocenters. The van der Waals surface area contributed by atoms with E-state index in [-0.39, 0.29) is 5.91 Å².